The molecule has 0 aromatic carbocycles. The van der Waals surface area contributed by atoms with E-state index in [2.05, 4.69) is 32.8 Å². The van der Waals surface area contributed by atoms with Gasteiger partial charge in [-0.2, -0.15) is 0 Å². The second-order valence-electron chi connectivity index (χ2n) is 5.33. The topological polar surface area (TPSA) is 64.2 Å². The van der Waals surface area contributed by atoms with Crippen LogP contribution < -0.4 is 0 Å². The number of aromatic nitrogens is 3. The highest BCUT2D eigenvalue weighted by Crippen LogP contribution is 2.36. The number of rotatable bonds is 4. The lowest BCUT2D eigenvalue weighted by Gasteiger charge is -2.33. The highest BCUT2D eigenvalue weighted by molar-refractivity contribution is 9.10. The number of carbonyl (C=O) groups is 1. The SMILES string of the molecule is C=CC(=O)N(Cc1c(Br)nnn1C)C1CCCc2occc21. The molecule has 1 atom stereocenters. The van der Waals surface area contributed by atoms with Gasteiger partial charge in [0.05, 0.1) is 24.5 Å². The number of hydrogen-bond acceptors (Lipinski definition) is 4. The number of aryl methyl sites for hydroxylation is 2. The second kappa shape index (κ2) is 6.08. The summed E-state index contributed by atoms with van der Waals surface area (Å²) in [7, 11) is 1.81. The van der Waals surface area contributed by atoms with E-state index in [0.29, 0.717) is 11.1 Å². The normalized spacial score (nSPS) is 17.1. The van der Waals surface area contributed by atoms with Crippen LogP contribution in [-0.4, -0.2) is 25.8 Å². The first-order valence-corrected chi connectivity index (χ1v) is 7.94. The lowest BCUT2D eigenvalue weighted by atomic mass is 9.92. The molecule has 0 aliphatic heterocycles. The van der Waals surface area contributed by atoms with Crippen LogP contribution in [-0.2, 0) is 24.8 Å². The number of halogens is 1. The van der Waals surface area contributed by atoms with Crippen LogP contribution in [0.2, 0.25) is 0 Å². The summed E-state index contributed by atoms with van der Waals surface area (Å²) in [5, 5.41) is 7.95. The fourth-order valence-electron chi connectivity index (χ4n) is 2.93. The van der Waals surface area contributed by atoms with Crippen molar-refractivity contribution in [3.8, 4) is 0 Å². The number of hydrogen-bond donors (Lipinski definition) is 0. The van der Waals surface area contributed by atoms with Gasteiger partial charge < -0.3 is 9.32 Å². The largest absolute Gasteiger partial charge is 0.469 e. The zero-order chi connectivity index (χ0) is 15.7. The number of amides is 1. The Morgan fingerprint density at radius 3 is 3.18 bits per heavy atom. The van der Waals surface area contributed by atoms with Crippen molar-refractivity contribution in [1.29, 1.82) is 0 Å². The minimum Gasteiger partial charge on any atom is -0.469 e. The van der Waals surface area contributed by atoms with Gasteiger partial charge >= 0.3 is 0 Å². The lowest BCUT2D eigenvalue weighted by molar-refractivity contribution is -0.129. The Morgan fingerprint density at radius 2 is 2.50 bits per heavy atom. The van der Waals surface area contributed by atoms with Crippen molar-refractivity contribution >= 4 is 21.8 Å². The third-order valence-electron chi connectivity index (χ3n) is 4.07. The molecule has 3 rings (SSSR count). The maximum atomic E-state index is 12.4. The van der Waals surface area contributed by atoms with E-state index in [1.54, 1.807) is 10.9 Å². The first-order valence-electron chi connectivity index (χ1n) is 7.15. The van der Waals surface area contributed by atoms with E-state index in [0.717, 1.165) is 36.3 Å². The molecule has 1 aliphatic carbocycles. The van der Waals surface area contributed by atoms with Crippen LogP contribution >= 0.6 is 15.9 Å². The lowest BCUT2D eigenvalue weighted by Crippen LogP contribution is -2.35. The highest BCUT2D eigenvalue weighted by atomic mass is 79.9. The molecule has 6 nitrogen and oxygen atoms in total. The maximum absolute atomic E-state index is 12.4. The molecule has 0 saturated heterocycles. The van der Waals surface area contributed by atoms with Crippen molar-refractivity contribution in [1.82, 2.24) is 19.9 Å². The quantitative estimate of drug-likeness (QED) is 0.782. The van der Waals surface area contributed by atoms with Crippen LogP contribution in [0, 0.1) is 0 Å². The van der Waals surface area contributed by atoms with E-state index in [4.69, 9.17) is 4.42 Å². The minimum absolute atomic E-state index is 0.00481. The standard InChI is InChI=1S/C15H17BrN4O2/c1-3-14(21)20(9-12-15(16)17-18-19(12)2)11-5-4-6-13-10(11)7-8-22-13/h3,7-8,11H,1,4-6,9H2,2H3. The van der Waals surface area contributed by atoms with Crippen LogP contribution in [0.1, 0.15) is 35.9 Å². The summed E-state index contributed by atoms with van der Waals surface area (Å²) >= 11 is 3.39. The molecule has 22 heavy (non-hydrogen) atoms. The van der Waals surface area contributed by atoms with Crippen molar-refractivity contribution in [3.05, 3.63) is 46.6 Å². The Kier molecular flexibility index (Phi) is 4.15. The Hall–Kier alpha value is -1.89. The summed E-state index contributed by atoms with van der Waals surface area (Å²) in [6.45, 7) is 4.05. The average molecular weight is 365 g/mol. The van der Waals surface area contributed by atoms with Gasteiger partial charge in [-0.1, -0.05) is 11.8 Å². The smallest absolute Gasteiger partial charge is 0.246 e. The minimum atomic E-state index is -0.104. The third-order valence-corrected chi connectivity index (χ3v) is 4.69. The van der Waals surface area contributed by atoms with E-state index < -0.39 is 0 Å². The van der Waals surface area contributed by atoms with Crippen molar-refractivity contribution in [2.24, 2.45) is 7.05 Å². The maximum Gasteiger partial charge on any atom is 0.246 e. The van der Waals surface area contributed by atoms with Gasteiger partial charge in [-0.3, -0.25) is 4.79 Å². The fraction of sp³-hybridized carbons (Fsp3) is 0.400. The third kappa shape index (κ3) is 2.61. The average Bonchev–Trinajstić information content (AvgIpc) is 3.12. The molecule has 1 unspecified atom stereocenters. The summed E-state index contributed by atoms with van der Waals surface area (Å²) in [5.41, 5.74) is 1.94. The van der Waals surface area contributed by atoms with Gasteiger partial charge in [0.25, 0.3) is 0 Å². The number of fused-ring (bicyclic) bond motifs is 1. The van der Waals surface area contributed by atoms with E-state index in [1.807, 2.05) is 18.0 Å². The molecule has 1 amide bonds. The summed E-state index contributed by atoms with van der Waals surface area (Å²) in [5.74, 6) is 0.868. The first-order chi connectivity index (χ1) is 10.6. The molecular weight excluding hydrogens is 348 g/mol. The Balaban J connectivity index is 1.95. The van der Waals surface area contributed by atoms with Gasteiger partial charge in [-0.25, -0.2) is 4.68 Å². The van der Waals surface area contributed by atoms with Gasteiger partial charge in [-0.05, 0) is 40.9 Å². The van der Waals surface area contributed by atoms with Crippen molar-refractivity contribution < 1.29 is 9.21 Å². The molecule has 2 heterocycles. The molecule has 2 aromatic rings. The van der Waals surface area contributed by atoms with Crippen molar-refractivity contribution in [2.75, 3.05) is 0 Å². The Bertz CT molecular complexity index is 687. The molecule has 116 valence electrons. The van der Waals surface area contributed by atoms with Gasteiger partial charge in [0.2, 0.25) is 5.91 Å². The van der Waals surface area contributed by atoms with E-state index in [9.17, 15) is 4.79 Å². The molecule has 0 saturated carbocycles. The number of furan rings is 1. The van der Waals surface area contributed by atoms with Crippen LogP contribution in [0.5, 0.6) is 0 Å². The van der Waals surface area contributed by atoms with Crippen LogP contribution in [0.3, 0.4) is 0 Å². The fourth-order valence-corrected chi connectivity index (χ4v) is 3.38. The highest BCUT2D eigenvalue weighted by Gasteiger charge is 2.31. The van der Waals surface area contributed by atoms with Gasteiger partial charge in [0, 0.05) is 19.0 Å². The molecule has 1 aliphatic rings. The first kappa shape index (κ1) is 15.0. The molecule has 0 N–H and O–H groups in total. The predicted octanol–water partition coefficient (Wildman–Crippen LogP) is 2.76. The molecular formula is C15H17BrN4O2. The summed E-state index contributed by atoms with van der Waals surface area (Å²) < 4.78 is 7.86. The van der Waals surface area contributed by atoms with Crippen molar-refractivity contribution in [3.63, 3.8) is 0 Å². The summed E-state index contributed by atoms with van der Waals surface area (Å²) in [6.07, 6.45) is 5.88. The molecule has 0 radical (unpaired) electrons. The number of carbonyl (C=O) groups excluding carboxylic acids is 1. The van der Waals surface area contributed by atoms with Gasteiger partial charge in [0.15, 0.2) is 4.60 Å². The van der Waals surface area contributed by atoms with E-state index >= 15 is 0 Å². The monoisotopic (exact) mass is 364 g/mol. The Morgan fingerprint density at radius 1 is 1.68 bits per heavy atom. The van der Waals surface area contributed by atoms with E-state index in [1.165, 1.54) is 6.08 Å². The molecule has 7 heteroatoms. The zero-order valence-corrected chi connectivity index (χ0v) is 13.9. The van der Waals surface area contributed by atoms with Crippen molar-refractivity contribution in [2.45, 2.75) is 31.8 Å². The Labute approximate surface area is 136 Å². The number of nitrogens with zero attached hydrogens (tertiary/aromatic N) is 4. The molecule has 2 aromatic heterocycles. The second-order valence-corrected chi connectivity index (χ2v) is 6.08. The summed E-state index contributed by atoms with van der Waals surface area (Å²) in [4.78, 5) is 14.2. The van der Waals surface area contributed by atoms with Crippen LogP contribution in [0.15, 0.2) is 34.0 Å². The molecule has 0 bridgehead atoms. The summed E-state index contributed by atoms with van der Waals surface area (Å²) in [6, 6.07) is 1.95. The zero-order valence-electron chi connectivity index (χ0n) is 12.3. The van der Waals surface area contributed by atoms with Gasteiger partial charge in [-0.15, -0.1) is 5.10 Å². The van der Waals surface area contributed by atoms with Gasteiger partial charge in [0.1, 0.15) is 5.76 Å². The van der Waals surface area contributed by atoms with E-state index in [-0.39, 0.29) is 11.9 Å². The molecule has 0 spiro atoms. The van der Waals surface area contributed by atoms with Crippen LogP contribution in [0.25, 0.3) is 0 Å². The molecule has 0 fully saturated rings. The van der Waals surface area contributed by atoms with Crippen LogP contribution in [0.4, 0.5) is 0 Å². The predicted molar refractivity (Wildman–Crippen MR) is 83.8 cm³/mol.